The van der Waals surface area contributed by atoms with E-state index in [0.717, 1.165) is 12.3 Å². The minimum Gasteiger partial charge on any atom is -0.329 e. The van der Waals surface area contributed by atoms with E-state index in [2.05, 4.69) is 25.8 Å². The molecule has 1 atom stereocenters. The van der Waals surface area contributed by atoms with Crippen molar-refractivity contribution in [1.29, 1.82) is 0 Å². The number of H-pyrrole nitrogens is 1. The van der Waals surface area contributed by atoms with Crippen LogP contribution in [-0.4, -0.2) is 47.5 Å². The Labute approximate surface area is 137 Å². The fraction of sp³-hybridized carbons (Fsp3) is 0.273. The van der Waals surface area contributed by atoms with E-state index >= 15 is 0 Å². The van der Waals surface area contributed by atoms with Crippen molar-refractivity contribution in [3.8, 4) is 11.5 Å². The van der Waals surface area contributed by atoms with Crippen molar-refractivity contribution in [3.05, 3.63) is 44.6 Å². The number of ketones is 1. The molecule has 0 bridgehead atoms. The fourth-order valence-electron chi connectivity index (χ4n) is 2.18. The fourth-order valence-corrected chi connectivity index (χ4v) is 2.18. The second-order valence-corrected chi connectivity index (χ2v) is 5.09. The molecule has 2 aromatic heterocycles. The highest BCUT2D eigenvalue weighted by Gasteiger charge is 2.53. The van der Waals surface area contributed by atoms with Gasteiger partial charge in [0.05, 0.1) is 16.4 Å². The number of Topliss-reactive ketones (excluding diaryl/α,β-unsaturated/α-hetero) is 1. The Hall–Kier alpha value is -3.68. The van der Waals surface area contributed by atoms with Crippen LogP contribution in [0.2, 0.25) is 0 Å². The smallest absolute Gasteiger partial charge is 0.329 e. The van der Waals surface area contributed by atoms with Gasteiger partial charge in [-0.1, -0.05) is 5.16 Å². The summed E-state index contributed by atoms with van der Waals surface area (Å²) < 4.78 is 4.93. The number of carbonyl (C=O) groups excluding carboxylic acids is 1. The van der Waals surface area contributed by atoms with Gasteiger partial charge in [0.15, 0.2) is 11.5 Å². The Balaban J connectivity index is 1.96. The lowest BCUT2D eigenvalue weighted by Crippen LogP contribution is -2.50. The summed E-state index contributed by atoms with van der Waals surface area (Å²) in [6, 6.07) is 0. The van der Waals surface area contributed by atoms with E-state index in [1.165, 1.54) is 18.1 Å². The Bertz CT molecular complexity index is 887. The van der Waals surface area contributed by atoms with Crippen molar-refractivity contribution in [2.45, 2.75) is 12.6 Å². The Morgan fingerprint density at radius 3 is 2.84 bits per heavy atom. The zero-order valence-electron chi connectivity index (χ0n) is 12.6. The summed E-state index contributed by atoms with van der Waals surface area (Å²) in [5.74, 6) is -0.949. The van der Waals surface area contributed by atoms with E-state index in [-0.39, 0.29) is 23.8 Å². The number of nitrogens with one attached hydrogen (secondary N) is 2. The molecule has 0 saturated carbocycles. The minimum absolute atomic E-state index is 0.112. The van der Waals surface area contributed by atoms with Gasteiger partial charge in [-0.3, -0.25) is 30.1 Å². The third-order valence-corrected chi connectivity index (χ3v) is 3.28. The lowest BCUT2D eigenvalue weighted by atomic mass is 10.2. The molecular formula is C11H10N8O6. The van der Waals surface area contributed by atoms with Crippen molar-refractivity contribution in [1.82, 2.24) is 30.8 Å². The van der Waals surface area contributed by atoms with E-state index in [4.69, 9.17) is 4.52 Å². The predicted octanol–water partition coefficient (Wildman–Crippen LogP) is -0.280. The van der Waals surface area contributed by atoms with E-state index in [9.17, 15) is 25.0 Å². The van der Waals surface area contributed by atoms with Gasteiger partial charge in [0.2, 0.25) is 5.82 Å². The molecule has 0 aromatic carbocycles. The lowest BCUT2D eigenvalue weighted by molar-refractivity contribution is -0.579. The first kappa shape index (κ1) is 16.2. The van der Waals surface area contributed by atoms with Crippen LogP contribution < -0.4 is 5.43 Å². The van der Waals surface area contributed by atoms with Crippen LogP contribution in [0.4, 0.5) is 5.69 Å². The summed E-state index contributed by atoms with van der Waals surface area (Å²) in [6.07, 6.45) is 3.39. The number of nitrogens with zero attached hydrogens (tertiary/aromatic N) is 6. The number of aromatic nitrogens is 4. The van der Waals surface area contributed by atoms with Crippen molar-refractivity contribution < 1.29 is 19.2 Å². The molecule has 1 unspecified atom stereocenters. The van der Waals surface area contributed by atoms with Crippen molar-refractivity contribution >= 4 is 11.5 Å². The molecular weight excluding hydrogens is 340 g/mol. The van der Waals surface area contributed by atoms with Gasteiger partial charge in [-0.2, -0.15) is 15.5 Å². The molecule has 14 nitrogen and oxygen atoms in total. The average molecular weight is 350 g/mol. The van der Waals surface area contributed by atoms with Gasteiger partial charge in [-0.05, 0) is 6.92 Å². The first-order valence-electron chi connectivity index (χ1n) is 6.73. The number of carbonyl (C=O) groups is 1. The van der Waals surface area contributed by atoms with Gasteiger partial charge in [0, 0.05) is 12.3 Å². The van der Waals surface area contributed by atoms with Gasteiger partial charge in [0.1, 0.15) is 6.20 Å². The number of hydrazine groups is 1. The third kappa shape index (κ3) is 2.69. The van der Waals surface area contributed by atoms with Gasteiger partial charge in [-0.25, -0.2) is 0 Å². The molecule has 3 rings (SSSR count). The number of nitro groups is 2. The largest absolute Gasteiger partial charge is 0.389 e. The van der Waals surface area contributed by atoms with Crippen molar-refractivity contribution in [2.24, 2.45) is 0 Å². The van der Waals surface area contributed by atoms with Crippen LogP contribution in [0.15, 0.2) is 23.0 Å². The van der Waals surface area contributed by atoms with Gasteiger partial charge < -0.3 is 9.53 Å². The number of hydrogen-bond acceptors (Lipinski definition) is 11. The first-order chi connectivity index (χ1) is 11.8. The summed E-state index contributed by atoms with van der Waals surface area (Å²) in [5, 5.41) is 33.1. The maximum atomic E-state index is 11.6. The first-order valence-corrected chi connectivity index (χ1v) is 6.73. The van der Waals surface area contributed by atoms with Crippen LogP contribution in [0.5, 0.6) is 0 Å². The maximum absolute atomic E-state index is 11.6. The molecule has 14 heteroatoms. The van der Waals surface area contributed by atoms with Crippen LogP contribution in [0.25, 0.3) is 11.5 Å². The summed E-state index contributed by atoms with van der Waals surface area (Å²) in [7, 11) is 0. The molecule has 130 valence electrons. The third-order valence-electron chi connectivity index (χ3n) is 3.28. The van der Waals surface area contributed by atoms with Crippen molar-refractivity contribution in [3.63, 3.8) is 0 Å². The van der Waals surface area contributed by atoms with Crippen LogP contribution in [0.3, 0.4) is 0 Å². The zero-order chi connectivity index (χ0) is 18.2. The SMILES string of the molecule is CC(=O)CN1C=CC(c2nc(-c3[nH]ncc3[N+](=O)[O-])no2)([N+](=O)[O-])N1. The summed E-state index contributed by atoms with van der Waals surface area (Å²) in [5.41, 5.74) is -0.153. The highest BCUT2D eigenvalue weighted by molar-refractivity contribution is 5.77. The van der Waals surface area contributed by atoms with E-state index in [0.29, 0.717) is 0 Å². The number of hydrogen-bond donors (Lipinski definition) is 2. The Kier molecular flexibility index (Phi) is 3.72. The molecule has 25 heavy (non-hydrogen) atoms. The molecule has 0 amide bonds. The molecule has 1 aliphatic heterocycles. The molecule has 3 heterocycles. The second kappa shape index (κ2) is 5.75. The van der Waals surface area contributed by atoms with Gasteiger partial charge >= 0.3 is 17.2 Å². The Morgan fingerprint density at radius 2 is 2.20 bits per heavy atom. The van der Waals surface area contributed by atoms with Gasteiger partial charge in [-0.15, -0.1) is 0 Å². The summed E-state index contributed by atoms with van der Waals surface area (Å²) in [4.78, 5) is 36.1. The maximum Gasteiger partial charge on any atom is 0.389 e. The number of rotatable bonds is 6. The van der Waals surface area contributed by atoms with E-state index in [1.807, 2.05) is 0 Å². The van der Waals surface area contributed by atoms with Crippen LogP contribution in [0.1, 0.15) is 12.8 Å². The lowest BCUT2D eigenvalue weighted by Gasteiger charge is -2.20. The molecule has 2 N–H and O–H groups in total. The average Bonchev–Trinajstić information content (AvgIpc) is 3.25. The summed E-state index contributed by atoms with van der Waals surface area (Å²) in [6.45, 7) is 1.21. The molecule has 1 aliphatic rings. The van der Waals surface area contributed by atoms with Crippen LogP contribution in [0, 0.1) is 20.2 Å². The highest BCUT2D eigenvalue weighted by Crippen LogP contribution is 2.30. The van der Waals surface area contributed by atoms with Crippen LogP contribution in [-0.2, 0) is 10.5 Å². The highest BCUT2D eigenvalue weighted by atomic mass is 16.6. The monoisotopic (exact) mass is 350 g/mol. The quantitative estimate of drug-likeness (QED) is 0.515. The second-order valence-electron chi connectivity index (χ2n) is 5.09. The van der Waals surface area contributed by atoms with Gasteiger partial charge in [0.25, 0.3) is 0 Å². The number of aromatic amines is 1. The molecule has 0 saturated heterocycles. The van der Waals surface area contributed by atoms with Crippen LogP contribution >= 0.6 is 0 Å². The standard InChI is InChI=1S/C11H10N8O6/c1-6(20)5-17-3-2-11(16-17,19(23)24)10-13-9(15-25-10)8-7(18(21)22)4-12-14-8/h2-4,16H,5H2,1H3,(H,12,14). The predicted molar refractivity (Wildman–Crippen MR) is 76.9 cm³/mol. The Morgan fingerprint density at radius 1 is 1.44 bits per heavy atom. The molecule has 2 aromatic rings. The van der Waals surface area contributed by atoms with E-state index in [1.54, 1.807) is 0 Å². The zero-order valence-corrected chi connectivity index (χ0v) is 12.6. The topological polar surface area (TPSA) is 186 Å². The molecule has 0 aliphatic carbocycles. The molecule has 0 spiro atoms. The minimum atomic E-state index is -2.09. The van der Waals surface area contributed by atoms with E-state index < -0.39 is 27.1 Å². The molecule has 0 fully saturated rings. The molecule has 0 radical (unpaired) electrons. The normalized spacial score (nSPS) is 19.3. The van der Waals surface area contributed by atoms with Crippen molar-refractivity contribution in [2.75, 3.05) is 6.54 Å². The summed E-state index contributed by atoms with van der Waals surface area (Å²) >= 11 is 0.